The Kier molecular flexibility index (Phi) is 5.32. The summed E-state index contributed by atoms with van der Waals surface area (Å²) in [6.45, 7) is 4.81. The van der Waals surface area contributed by atoms with Crippen LogP contribution in [0.15, 0.2) is 42.5 Å². The van der Waals surface area contributed by atoms with Crippen molar-refractivity contribution in [1.29, 1.82) is 0 Å². The molecule has 3 rings (SSSR count). The third kappa shape index (κ3) is 3.81. The Morgan fingerprint density at radius 1 is 0.760 bits per heavy atom. The van der Waals surface area contributed by atoms with Crippen LogP contribution < -0.4 is 0 Å². The summed E-state index contributed by atoms with van der Waals surface area (Å²) in [5.41, 5.74) is 5.17. The summed E-state index contributed by atoms with van der Waals surface area (Å²) >= 11 is 0. The molecule has 25 heavy (non-hydrogen) atoms. The second kappa shape index (κ2) is 7.64. The molecule has 0 N–H and O–H groups in total. The molecule has 0 saturated heterocycles. The molecule has 3 nitrogen and oxygen atoms in total. The second-order valence-corrected chi connectivity index (χ2v) is 6.89. The standard InChI is InChI=1S/C22H25NO2/c1-16-12-13-18(15-17(16)2)9-5-3-4-8-14-23-21(24)19-10-6-7-11-20(19)22(23)25/h6-7,10-13,15H,3-5,8-9,14H2,1-2H3. The molecule has 2 amide bonds. The molecule has 1 heterocycles. The van der Waals surface area contributed by atoms with Gasteiger partial charge in [-0.25, -0.2) is 0 Å². The van der Waals surface area contributed by atoms with E-state index in [4.69, 9.17) is 0 Å². The van der Waals surface area contributed by atoms with Gasteiger partial charge in [-0.15, -0.1) is 0 Å². The van der Waals surface area contributed by atoms with Gasteiger partial charge < -0.3 is 0 Å². The van der Waals surface area contributed by atoms with Gasteiger partial charge in [-0.2, -0.15) is 0 Å². The number of unbranched alkanes of at least 4 members (excludes halogenated alkanes) is 3. The summed E-state index contributed by atoms with van der Waals surface area (Å²) in [5.74, 6) is -0.286. The molecule has 0 unspecified atom stereocenters. The minimum Gasteiger partial charge on any atom is -0.274 e. The van der Waals surface area contributed by atoms with Crippen LogP contribution in [-0.2, 0) is 6.42 Å². The molecular formula is C22H25NO2. The Balaban J connectivity index is 1.40. The highest BCUT2D eigenvalue weighted by molar-refractivity contribution is 6.21. The second-order valence-electron chi connectivity index (χ2n) is 6.89. The van der Waals surface area contributed by atoms with Crippen molar-refractivity contribution >= 4 is 11.8 Å². The average Bonchev–Trinajstić information content (AvgIpc) is 2.86. The van der Waals surface area contributed by atoms with E-state index in [0.717, 1.165) is 32.1 Å². The van der Waals surface area contributed by atoms with Gasteiger partial charge in [-0.3, -0.25) is 14.5 Å². The zero-order valence-electron chi connectivity index (χ0n) is 15.0. The number of aryl methyl sites for hydroxylation is 3. The van der Waals surface area contributed by atoms with E-state index in [1.165, 1.54) is 21.6 Å². The maximum absolute atomic E-state index is 12.3. The fourth-order valence-corrected chi connectivity index (χ4v) is 3.35. The predicted molar refractivity (Wildman–Crippen MR) is 99.9 cm³/mol. The van der Waals surface area contributed by atoms with Gasteiger partial charge in [0.25, 0.3) is 11.8 Å². The van der Waals surface area contributed by atoms with Gasteiger partial charge in [-0.1, -0.05) is 43.2 Å². The lowest BCUT2D eigenvalue weighted by Gasteiger charge is -2.13. The van der Waals surface area contributed by atoms with E-state index in [0.29, 0.717) is 17.7 Å². The molecule has 2 aromatic carbocycles. The molecule has 0 saturated carbocycles. The maximum Gasteiger partial charge on any atom is 0.261 e. The van der Waals surface area contributed by atoms with Crippen LogP contribution in [0.1, 0.15) is 63.1 Å². The number of benzene rings is 2. The van der Waals surface area contributed by atoms with Gasteiger partial charge in [0.05, 0.1) is 11.1 Å². The molecule has 1 aliphatic heterocycles. The molecule has 0 aromatic heterocycles. The molecule has 0 aliphatic carbocycles. The molecule has 0 fully saturated rings. The molecular weight excluding hydrogens is 310 g/mol. The molecule has 0 bridgehead atoms. The zero-order valence-corrected chi connectivity index (χ0v) is 15.0. The number of hydrogen-bond acceptors (Lipinski definition) is 2. The van der Waals surface area contributed by atoms with Gasteiger partial charge in [0.1, 0.15) is 0 Å². The van der Waals surface area contributed by atoms with Crippen molar-refractivity contribution in [1.82, 2.24) is 4.90 Å². The van der Waals surface area contributed by atoms with Crippen LogP contribution in [0.3, 0.4) is 0 Å². The smallest absolute Gasteiger partial charge is 0.261 e. The Hall–Kier alpha value is -2.42. The zero-order chi connectivity index (χ0) is 17.8. The number of amides is 2. The van der Waals surface area contributed by atoms with E-state index in [2.05, 4.69) is 32.0 Å². The summed E-state index contributed by atoms with van der Waals surface area (Å²) < 4.78 is 0. The summed E-state index contributed by atoms with van der Waals surface area (Å²) in [5, 5.41) is 0. The first-order valence-corrected chi connectivity index (χ1v) is 9.09. The number of imide groups is 1. The summed E-state index contributed by atoms with van der Waals surface area (Å²) in [4.78, 5) is 25.9. The van der Waals surface area contributed by atoms with Crippen molar-refractivity contribution in [2.45, 2.75) is 46.0 Å². The van der Waals surface area contributed by atoms with Crippen molar-refractivity contribution in [2.75, 3.05) is 6.54 Å². The van der Waals surface area contributed by atoms with Crippen LogP contribution in [0.25, 0.3) is 0 Å². The largest absolute Gasteiger partial charge is 0.274 e. The van der Waals surface area contributed by atoms with Crippen LogP contribution in [0.2, 0.25) is 0 Å². The van der Waals surface area contributed by atoms with E-state index < -0.39 is 0 Å². The number of rotatable bonds is 7. The minimum absolute atomic E-state index is 0.143. The lowest BCUT2D eigenvalue weighted by atomic mass is 10.0. The number of fused-ring (bicyclic) bond motifs is 1. The average molecular weight is 335 g/mol. The predicted octanol–water partition coefficient (Wildman–Crippen LogP) is 4.70. The van der Waals surface area contributed by atoms with E-state index in [-0.39, 0.29) is 11.8 Å². The summed E-state index contributed by atoms with van der Waals surface area (Å²) in [6.07, 6.45) is 5.27. The Morgan fingerprint density at radius 2 is 1.40 bits per heavy atom. The van der Waals surface area contributed by atoms with Crippen molar-refractivity contribution in [3.05, 3.63) is 70.3 Å². The molecule has 3 heteroatoms. The molecule has 1 aliphatic rings. The topological polar surface area (TPSA) is 37.4 Å². The summed E-state index contributed by atoms with van der Waals surface area (Å²) in [6, 6.07) is 13.8. The Morgan fingerprint density at radius 3 is 2.04 bits per heavy atom. The molecule has 130 valence electrons. The molecule has 0 atom stereocenters. The van der Waals surface area contributed by atoms with Crippen LogP contribution in [0.4, 0.5) is 0 Å². The highest BCUT2D eigenvalue weighted by atomic mass is 16.2. The van der Waals surface area contributed by atoms with E-state index in [9.17, 15) is 9.59 Å². The SMILES string of the molecule is Cc1ccc(CCCCCCN2C(=O)c3ccccc3C2=O)cc1C. The van der Waals surface area contributed by atoms with Crippen LogP contribution in [0, 0.1) is 13.8 Å². The number of carbonyl (C=O) groups is 2. The minimum atomic E-state index is -0.143. The first-order valence-electron chi connectivity index (χ1n) is 9.09. The number of carbonyl (C=O) groups excluding carboxylic acids is 2. The van der Waals surface area contributed by atoms with E-state index >= 15 is 0 Å². The third-order valence-electron chi connectivity index (χ3n) is 5.05. The first kappa shape index (κ1) is 17.4. The fraction of sp³-hybridized carbons (Fsp3) is 0.364. The van der Waals surface area contributed by atoms with Gasteiger partial charge in [-0.05, 0) is 61.9 Å². The highest BCUT2D eigenvalue weighted by Gasteiger charge is 2.34. The van der Waals surface area contributed by atoms with Crippen LogP contribution in [-0.4, -0.2) is 23.3 Å². The Bertz CT molecular complexity index is 759. The highest BCUT2D eigenvalue weighted by Crippen LogP contribution is 2.23. The van der Waals surface area contributed by atoms with Gasteiger partial charge in [0.2, 0.25) is 0 Å². The van der Waals surface area contributed by atoms with Crippen LogP contribution in [0.5, 0.6) is 0 Å². The van der Waals surface area contributed by atoms with Gasteiger partial charge >= 0.3 is 0 Å². The molecule has 0 radical (unpaired) electrons. The molecule has 2 aromatic rings. The molecule has 0 spiro atoms. The fourth-order valence-electron chi connectivity index (χ4n) is 3.35. The quantitative estimate of drug-likeness (QED) is 0.543. The van der Waals surface area contributed by atoms with Crippen LogP contribution >= 0.6 is 0 Å². The van der Waals surface area contributed by atoms with Gasteiger partial charge in [0.15, 0.2) is 0 Å². The van der Waals surface area contributed by atoms with Crippen molar-refractivity contribution in [2.24, 2.45) is 0 Å². The maximum atomic E-state index is 12.3. The van der Waals surface area contributed by atoms with E-state index in [1.54, 1.807) is 24.3 Å². The van der Waals surface area contributed by atoms with E-state index in [1.807, 2.05) is 0 Å². The van der Waals surface area contributed by atoms with Crippen molar-refractivity contribution in [3.8, 4) is 0 Å². The third-order valence-corrected chi connectivity index (χ3v) is 5.05. The Labute approximate surface area is 149 Å². The lowest BCUT2D eigenvalue weighted by Crippen LogP contribution is -2.30. The summed E-state index contributed by atoms with van der Waals surface area (Å²) in [7, 11) is 0. The monoisotopic (exact) mass is 335 g/mol. The van der Waals surface area contributed by atoms with Gasteiger partial charge in [0, 0.05) is 6.54 Å². The lowest BCUT2D eigenvalue weighted by molar-refractivity contribution is 0.0651. The van der Waals surface area contributed by atoms with Crippen molar-refractivity contribution in [3.63, 3.8) is 0 Å². The normalized spacial score (nSPS) is 13.4. The van der Waals surface area contributed by atoms with Crippen molar-refractivity contribution < 1.29 is 9.59 Å². The number of nitrogens with zero attached hydrogens (tertiary/aromatic N) is 1. The first-order chi connectivity index (χ1) is 12.1. The number of hydrogen-bond donors (Lipinski definition) is 0.